The van der Waals surface area contributed by atoms with Gasteiger partial charge in [0.05, 0.1) is 0 Å². The molecular weight excluding hydrogens is 242 g/mol. The molecule has 0 saturated heterocycles. The Hall–Kier alpha value is -0.940. The molecule has 2 rings (SSSR count). The second-order valence-electron chi connectivity index (χ2n) is 5.64. The zero-order valence-corrected chi connectivity index (χ0v) is 12.1. The summed E-state index contributed by atoms with van der Waals surface area (Å²) in [6.45, 7) is 7.55. The SMILES string of the molecule is CCOC(c1noc(C2CCCC2CN)n1)C(C)C. The number of hydrogen-bond acceptors (Lipinski definition) is 5. The minimum Gasteiger partial charge on any atom is -0.370 e. The Bertz CT molecular complexity index is 375. The molecule has 2 N–H and O–H groups in total. The van der Waals surface area contributed by atoms with E-state index in [-0.39, 0.29) is 6.10 Å². The Morgan fingerprint density at radius 1 is 1.42 bits per heavy atom. The van der Waals surface area contributed by atoms with Crippen LogP contribution in [-0.2, 0) is 4.74 Å². The average molecular weight is 267 g/mol. The van der Waals surface area contributed by atoms with Crippen LogP contribution in [0.25, 0.3) is 0 Å². The van der Waals surface area contributed by atoms with Gasteiger partial charge in [0.15, 0.2) is 0 Å². The molecule has 1 fully saturated rings. The lowest BCUT2D eigenvalue weighted by molar-refractivity contribution is 0.0217. The second kappa shape index (κ2) is 6.48. The molecule has 19 heavy (non-hydrogen) atoms. The van der Waals surface area contributed by atoms with E-state index in [9.17, 15) is 0 Å². The van der Waals surface area contributed by atoms with Crippen molar-refractivity contribution in [2.24, 2.45) is 17.6 Å². The first-order chi connectivity index (χ1) is 9.17. The minimum atomic E-state index is -0.0831. The summed E-state index contributed by atoms with van der Waals surface area (Å²) in [5.41, 5.74) is 5.81. The van der Waals surface area contributed by atoms with Crippen LogP contribution in [0.15, 0.2) is 4.52 Å². The molecular formula is C14H25N3O2. The molecule has 0 spiro atoms. The lowest BCUT2D eigenvalue weighted by atomic mass is 9.96. The normalized spacial score (nSPS) is 25.1. The largest absolute Gasteiger partial charge is 0.370 e. The predicted molar refractivity (Wildman–Crippen MR) is 72.6 cm³/mol. The topological polar surface area (TPSA) is 74.2 Å². The highest BCUT2D eigenvalue weighted by Crippen LogP contribution is 2.38. The van der Waals surface area contributed by atoms with Crippen LogP contribution in [-0.4, -0.2) is 23.3 Å². The smallest absolute Gasteiger partial charge is 0.230 e. The fraction of sp³-hybridized carbons (Fsp3) is 0.857. The van der Waals surface area contributed by atoms with Crippen LogP contribution >= 0.6 is 0 Å². The lowest BCUT2D eigenvalue weighted by Crippen LogP contribution is -2.18. The van der Waals surface area contributed by atoms with Crippen molar-refractivity contribution in [1.82, 2.24) is 10.1 Å². The van der Waals surface area contributed by atoms with E-state index in [4.69, 9.17) is 15.0 Å². The Balaban J connectivity index is 2.13. The molecule has 1 aromatic heterocycles. The fourth-order valence-corrected chi connectivity index (χ4v) is 2.90. The zero-order chi connectivity index (χ0) is 13.8. The summed E-state index contributed by atoms with van der Waals surface area (Å²) in [7, 11) is 0. The third-order valence-corrected chi connectivity index (χ3v) is 3.94. The molecule has 0 aromatic carbocycles. The summed E-state index contributed by atoms with van der Waals surface area (Å²) >= 11 is 0. The highest BCUT2D eigenvalue weighted by Gasteiger charge is 2.33. The average Bonchev–Trinajstić information content (AvgIpc) is 3.03. The molecule has 5 nitrogen and oxygen atoms in total. The number of ether oxygens (including phenoxy) is 1. The van der Waals surface area contributed by atoms with Crippen LogP contribution in [0.4, 0.5) is 0 Å². The van der Waals surface area contributed by atoms with E-state index in [0.717, 1.165) is 18.7 Å². The molecule has 3 unspecified atom stereocenters. The van der Waals surface area contributed by atoms with Gasteiger partial charge in [0.25, 0.3) is 0 Å². The van der Waals surface area contributed by atoms with E-state index in [1.807, 2.05) is 6.92 Å². The summed E-state index contributed by atoms with van der Waals surface area (Å²) in [5, 5.41) is 4.12. The number of rotatable bonds is 6. The maximum absolute atomic E-state index is 5.81. The maximum Gasteiger partial charge on any atom is 0.230 e. The van der Waals surface area contributed by atoms with Gasteiger partial charge in [-0.05, 0) is 38.1 Å². The molecule has 1 aromatic rings. The van der Waals surface area contributed by atoms with Gasteiger partial charge in [0.2, 0.25) is 11.7 Å². The minimum absolute atomic E-state index is 0.0831. The van der Waals surface area contributed by atoms with Crippen molar-refractivity contribution in [2.75, 3.05) is 13.2 Å². The Labute approximate surface area is 114 Å². The van der Waals surface area contributed by atoms with Crippen LogP contribution < -0.4 is 5.73 Å². The first kappa shape index (κ1) is 14.5. The number of hydrogen-bond donors (Lipinski definition) is 1. The van der Waals surface area contributed by atoms with Gasteiger partial charge in [-0.3, -0.25) is 0 Å². The van der Waals surface area contributed by atoms with Crippen molar-refractivity contribution in [1.29, 1.82) is 0 Å². The third-order valence-electron chi connectivity index (χ3n) is 3.94. The zero-order valence-electron chi connectivity index (χ0n) is 12.1. The number of aromatic nitrogens is 2. The third kappa shape index (κ3) is 3.15. The Morgan fingerprint density at radius 2 is 2.21 bits per heavy atom. The van der Waals surface area contributed by atoms with Crippen LogP contribution in [0.3, 0.4) is 0 Å². The number of nitrogens with zero attached hydrogens (tertiary/aromatic N) is 2. The lowest BCUT2D eigenvalue weighted by Gasteiger charge is -2.16. The first-order valence-corrected chi connectivity index (χ1v) is 7.32. The van der Waals surface area contributed by atoms with Crippen LogP contribution in [0.5, 0.6) is 0 Å². The van der Waals surface area contributed by atoms with E-state index < -0.39 is 0 Å². The van der Waals surface area contributed by atoms with Gasteiger partial charge in [-0.25, -0.2) is 0 Å². The quantitative estimate of drug-likeness (QED) is 0.857. The van der Waals surface area contributed by atoms with Gasteiger partial charge in [-0.2, -0.15) is 4.98 Å². The highest BCUT2D eigenvalue weighted by atomic mass is 16.5. The van der Waals surface area contributed by atoms with Crippen molar-refractivity contribution in [3.8, 4) is 0 Å². The molecule has 1 aliphatic carbocycles. The summed E-state index contributed by atoms with van der Waals surface area (Å²) in [4.78, 5) is 4.57. The molecule has 1 heterocycles. The van der Waals surface area contributed by atoms with Crippen LogP contribution in [0, 0.1) is 11.8 Å². The highest BCUT2D eigenvalue weighted by molar-refractivity contribution is 5.02. The molecule has 1 aliphatic rings. The molecule has 5 heteroatoms. The predicted octanol–water partition coefficient (Wildman–Crippen LogP) is 2.65. The maximum atomic E-state index is 5.81. The van der Waals surface area contributed by atoms with E-state index >= 15 is 0 Å². The van der Waals surface area contributed by atoms with Gasteiger partial charge >= 0.3 is 0 Å². The monoisotopic (exact) mass is 267 g/mol. The van der Waals surface area contributed by atoms with Crippen molar-refractivity contribution < 1.29 is 9.26 Å². The van der Waals surface area contributed by atoms with Crippen molar-refractivity contribution >= 4 is 0 Å². The fourth-order valence-electron chi connectivity index (χ4n) is 2.90. The van der Waals surface area contributed by atoms with E-state index in [2.05, 4.69) is 24.0 Å². The summed E-state index contributed by atoms with van der Waals surface area (Å²) in [6.07, 6.45) is 3.38. The molecule has 1 saturated carbocycles. The van der Waals surface area contributed by atoms with Crippen molar-refractivity contribution in [3.63, 3.8) is 0 Å². The van der Waals surface area contributed by atoms with E-state index in [1.165, 1.54) is 6.42 Å². The van der Waals surface area contributed by atoms with Crippen molar-refractivity contribution in [2.45, 2.75) is 52.1 Å². The second-order valence-corrected chi connectivity index (χ2v) is 5.64. The standard InChI is InChI=1S/C14H25N3O2/c1-4-18-12(9(2)3)13-16-14(19-17-13)11-7-5-6-10(11)8-15/h9-12H,4-8,15H2,1-3H3. The molecule has 0 amide bonds. The molecule has 3 atom stereocenters. The van der Waals surface area contributed by atoms with Crippen LogP contribution in [0.1, 0.15) is 63.8 Å². The van der Waals surface area contributed by atoms with E-state index in [0.29, 0.717) is 36.7 Å². The van der Waals surface area contributed by atoms with Gasteiger partial charge in [0.1, 0.15) is 6.10 Å². The van der Waals surface area contributed by atoms with Crippen LogP contribution in [0.2, 0.25) is 0 Å². The van der Waals surface area contributed by atoms with Gasteiger partial charge in [0, 0.05) is 12.5 Å². The molecule has 0 aliphatic heterocycles. The van der Waals surface area contributed by atoms with Gasteiger partial charge in [-0.15, -0.1) is 0 Å². The summed E-state index contributed by atoms with van der Waals surface area (Å²) < 4.78 is 11.2. The first-order valence-electron chi connectivity index (χ1n) is 7.32. The van der Waals surface area contributed by atoms with Gasteiger partial charge < -0.3 is 15.0 Å². The Kier molecular flexibility index (Phi) is 4.93. The van der Waals surface area contributed by atoms with E-state index in [1.54, 1.807) is 0 Å². The van der Waals surface area contributed by atoms with Gasteiger partial charge in [-0.1, -0.05) is 25.4 Å². The Morgan fingerprint density at radius 3 is 2.84 bits per heavy atom. The summed E-state index contributed by atoms with van der Waals surface area (Å²) in [6, 6.07) is 0. The molecule has 0 bridgehead atoms. The van der Waals surface area contributed by atoms with Crippen molar-refractivity contribution in [3.05, 3.63) is 11.7 Å². The molecule has 108 valence electrons. The number of nitrogens with two attached hydrogens (primary N) is 1. The summed E-state index contributed by atoms with van der Waals surface area (Å²) in [5.74, 6) is 2.57. The molecule has 0 radical (unpaired) electrons.